The molecule has 0 aliphatic heterocycles. The van der Waals surface area contributed by atoms with Crippen LogP contribution >= 0.6 is 0 Å². The maximum absolute atomic E-state index is 8.88. The maximum atomic E-state index is 8.88. The van der Waals surface area contributed by atoms with Crippen LogP contribution in [0.1, 0.15) is 5.56 Å². The summed E-state index contributed by atoms with van der Waals surface area (Å²) in [5.41, 5.74) is 7.70. The molecule has 1 aromatic carbocycles. The van der Waals surface area contributed by atoms with E-state index < -0.39 is 0 Å². The first kappa shape index (κ1) is 11.8. The average molecular weight is 210 g/mol. The Hall–Kier alpha value is -1.26. The van der Waals surface area contributed by atoms with E-state index in [1.165, 1.54) is 0 Å². The third kappa shape index (κ3) is 2.84. The molecule has 1 aromatic rings. The molecule has 0 saturated carbocycles. The van der Waals surface area contributed by atoms with Gasteiger partial charge in [0.25, 0.3) is 0 Å². The summed E-state index contributed by atoms with van der Waals surface area (Å²) in [6.45, 7) is 1.19. The van der Waals surface area contributed by atoms with Crippen LogP contribution in [0.5, 0.6) is 5.75 Å². The van der Waals surface area contributed by atoms with E-state index in [9.17, 15) is 0 Å². The van der Waals surface area contributed by atoms with Gasteiger partial charge in [-0.3, -0.25) is 0 Å². The second kappa shape index (κ2) is 5.58. The van der Waals surface area contributed by atoms with Crippen LogP contribution in [0.2, 0.25) is 0 Å². The number of ether oxygens (including phenoxy) is 1. The number of anilines is 1. The predicted molar refractivity (Wildman–Crippen MR) is 61.2 cm³/mol. The summed E-state index contributed by atoms with van der Waals surface area (Å²) < 4.78 is 5.15. The van der Waals surface area contributed by atoms with Crippen molar-refractivity contribution in [2.24, 2.45) is 5.73 Å². The van der Waals surface area contributed by atoms with E-state index in [1.807, 2.05) is 30.1 Å². The first-order chi connectivity index (χ1) is 7.22. The van der Waals surface area contributed by atoms with Gasteiger partial charge in [0.1, 0.15) is 5.75 Å². The number of methoxy groups -OCH3 is 1. The molecule has 4 nitrogen and oxygen atoms in total. The molecule has 1 rings (SSSR count). The number of aliphatic hydroxyl groups excluding tert-OH is 1. The van der Waals surface area contributed by atoms with Gasteiger partial charge < -0.3 is 20.5 Å². The smallest absolute Gasteiger partial charge is 0.120 e. The number of likely N-dealkylation sites (N-methyl/N-ethyl adjacent to an activating group) is 1. The first-order valence-electron chi connectivity index (χ1n) is 4.92. The number of rotatable bonds is 5. The minimum atomic E-state index is 0.123. The molecule has 4 heteroatoms. The maximum Gasteiger partial charge on any atom is 0.120 e. The first-order valence-corrected chi connectivity index (χ1v) is 4.92. The van der Waals surface area contributed by atoms with Crippen molar-refractivity contribution in [1.29, 1.82) is 0 Å². The largest absolute Gasteiger partial charge is 0.497 e. The Balaban J connectivity index is 3.00. The lowest BCUT2D eigenvalue weighted by molar-refractivity contribution is 0.304. The number of nitrogens with two attached hydrogens (primary N) is 1. The molecule has 0 aliphatic carbocycles. The second-order valence-electron chi connectivity index (χ2n) is 3.34. The van der Waals surface area contributed by atoms with E-state index in [2.05, 4.69) is 0 Å². The van der Waals surface area contributed by atoms with Crippen LogP contribution in [0.4, 0.5) is 5.69 Å². The highest BCUT2D eigenvalue weighted by molar-refractivity contribution is 5.56. The van der Waals surface area contributed by atoms with Crippen LogP contribution in [0.15, 0.2) is 18.2 Å². The van der Waals surface area contributed by atoms with Crippen LogP contribution in [0.3, 0.4) is 0 Å². The van der Waals surface area contributed by atoms with E-state index in [4.69, 9.17) is 15.6 Å². The van der Waals surface area contributed by atoms with Crippen molar-refractivity contribution in [3.63, 3.8) is 0 Å². The third-order valence-electron chi connectivity index (χ3n) is 2.36. The average Bonchev–Trinajstić information content (AvgIpc) is 2.28. The van der Waals surface area contributed by atoms with Crippen LogP contribution in [0.25, 0.3) is 0 Å². The lowest BCUT2D eigenvalue weighted by Gasteiger charge is -2.21. The highest BCUT2D eigenvalue weighted by Gasteiger charge is 2.07. The monoisotopic (exact) mass is 210 g/mol. The minimum Gasteiger partial charge on any atom is -0.497 e. The molecule has 15 heavy (non-hydrogen) atoms. The number of benzene rings is 1. The van der Waals surface area contributed by atoms with E-state index in [1.54, 1.807) is 7.11 Å². The molecule has 0 amide bonds. The zero-order valence-electron chi connectivity index (χ0n) is 9.23. The normalized spacial score (nSPS) is 10.1. The van der Waals surface area contributed by atoms with E-state index in [0.29, 0.717) is 13.1 Å². The summed E-state index contributed by atoms with van der Waals surface area (Å²) in [5.74, 6) is 0.798. The lowest BCUT2D eigenvalue weighted by Crippen LogP contribution is -2.23. The fourth-order valence-corrected chi connectivity index (χ4v) is 1.47. The zero-order chi connectivity index (χ0) is 11.3. The van der Waals surface area contributed by atoms with Crippen LogP contribution in [0, 0.1) is 0 Å². The summed E-state index contributed by atoms with van der Waals surface area (Å²) in [5, 5.41) is 8.88. The molecular weight excluding hydrogens is 192 g/mol. The van der Waals surface area contributed by atoms with Gasteiger partial charge in [-0.1, -0.05) is 6.07 Å². The quantitative estimate of drug-likeness (QED) is 0.746. The van der Waals surface area contributed by atoms with Crippen LogP contribution in [-0.4, -0.2) is 32.4 Å². The van der Waals surface area contributed by atoms with Crippen molar-refractivity contribution in [1.82, 2.24) is 0 Å². The Morgan fingerprint density at radius 1 is 1.47 bits per heavy atom. The van der Waals surface area contributed by atoms with Gasteiger partial charge in [-0.2, -0.15) is 0 Å². The Labute approximate surface area is 90.3 Å². The molecule has 0 radical (unpaired) electrons. The van der Waals surface area contributed by atoms with Gasteiger partial charge in [0.15, 0.2) is 0 Å². The lowest BCUT2D eigenvalue weighted by atomic mass is 10.1. The van der Waals surface area contributed by atoms with Crippen molar-refractivity contribution < 1.29 is 9.84 Å². The fraction of sp³-hybridized carbons (Fsp3) is 0.455. The fourth-order valence-electron chi connectivity index (χ4n) is 1.47. The van der Waals surface area contributed by atoms with Gasteiger partial charge in [0, 0.05) is 31.9 Å². The molecule has 0 aliphatic rings. The van der Waals surface area contributed by atoms with Gasteiger partial charge in [0.05, 0.1) is 13.7 Å². The van der Waals surface area contributed by atoms with Crippen LogP contribution < -0.4 is 15.4 Å². The van der Waals surface area contributed by atoms with E-state index >= 15 is 0 Å². The Morgan fingerprint density at radius 2 is 2.20 bits per heavy atom. The molecule has 0 heterocycles. The molecular formula is C11H18N2O2. The molecule has 0 bridgehead atoms. The predicted octanol–water partition coefficient (Wildman–Crippen LogP) is 0.582. The van der Waals surface area contributed by atoms with Gasteiger partial charge in [0.2, 0.25) is 0 Å². The number of nitrogens with zero attached hydrogens (tertiary/aromatic N) is 1. The van der Waals surface area contributed by atoms with Crippen molar-refractivity contribution in [2.75, 3.05) is 32.2 Å². The summed E-state index contributed by atoms with van der Waals surface area (Å²) >= 11 is 0. The summed E-state index contributed by atoms with van der Waals surface area (Å²) in [6.07, 6.45) is 0. The van der Waals surface area contributed by atoms with Gasteiger partial charge >= 0.3 is 0 Å². The molecule has 0 atom stereocenters. The SMILES string of the molecule is COc1ccc(CN)c(N(C)CCO)c1. The van der Waals surface area contributed by atoms with Gasteiger partial charge in [-0.15, -0.1) is 0 Å². The van der Waals surface area contributed by atoms with Crippen molar-refractivity contribution >= 4 is 5.69 Å². The Kier molecular flexibility index (Phi) is 4.39. The number of aliphatic hydroxyl groups is 1. The minimum absolute atomic E-state index is 0.123. The summed E-state index contributed by atoms with van der Waals surface area (Å²) in [4.78, 5) is 1.96. The summed E-state index contributed by atoms with van der Waals surface area (Å²) in [6, 6.07) is 5.76. The highest BCUT2D eigenvalue weighted by atomic mass is 16.5. The molecule has 0 fully saturated rings. The zero-order valence-corrected chi connectivity index (χ0v) is 9.23. The van der Waals surface area contributed by atoms with Gasteiger partial charge in [-0.05, 0) is 11.6 Å². The topological polar surface area (TPSA) is 58.7 Å². The number of hydrogen-bond donors (Lipinski definition) is 2. The molecule has 0 aromatic heterocycles. The van der Waals surface area contributed by atoms with Crippen molar-refractivity contribution in [3.05, 3.63) is 23.8 Å². The summed E-state index contributed by atoms with van der Waals surface area (Å²) in [7, 11) is 3.55. The Bertz CT molecular complexity index is 315. The van der Waals surface area contributed by atoms with Gasteiger partial charge in [-0.25, -0.2) is 0 Å². The molecule has 84 valence electrons. The van der Waals surface area contributed by atoms with E-state index in [-0.39, 0.29) is 6.61 Å². The second-order valence-corrected chi connectivity index (χ2v) is 3.34. The molecule has 3 N–H and O–H groups in total. The highest BCUT2D eigenvalue weighted by Crippen LogP contribution is 2.24. The molecule has 0 saturated heterocycles. The Morgan fingerprint density at radius 3 is 2.73 bits per heavy atom. The van der Waals surface area contributed by atoms with Crippen LogP contribution in [-0.2, 0) is 6.54 Å². The number of hydrogen-bond acceptors (Lipinski definition) is 4. The van der Waals surface area contributed by atoms with Crippen molar-refractivity contribution in [3.8, 4) is 5.75 Å². The molecule has 0 spiro atoms. The third-order valence-corrected chi connectivity index (χ3v) is 2.36. The standard InChI is InChI=1S/C11H18N2O2/c1-13(5-6-14)11-7-10(15-2)4-3-9(11)8-12/h3-4,7,14H,5-6,8,12H2,1-2H3. The van der Waals surface area contributed by atoms with Crippen molar-refractivity contribution in [2.45, 2.75) is 6.54 Å². The van der Waals surface area contributed by atoms with E-state index in [0.717, 1.165) is 17.0 Å². The molecule has 0 unspecified atom stereocenters.